The summed E-state index contributed by atoms with van der Waals surface area (Å²) in [6, 6.07) is 3.47. The number of hydrogen-bond donors (Lipinski definition) is 1. The van der Waals surface area contributed by atoms with Gasteiger partial charge in [-0.2, -0.15) is 13.2 Å². The quantitative estimate of drug-likeness (QED) is 0.651. The molecule has 0 aliphatic heterocycles. The number of fused-ring (bicyclic) bond motifs is 1. The summed E-state index contributed by atoms with van der Waals surface area (Å²) in [5, 5.41) is 6.30. The van der Waals surface area contributed by atoms with Gasteiger partial charge in [-0.25, -0.2) is 18.9 Å². The lowest BCUT2D eigenvalue weighted by atomic mass is 9.72. The van der Waals surface area contributed by atoms with Gasteiger partial charge in [-0.3, -0.25) is 10.1 Å². The van der Waals surface area contributed by atoms with Crippen molar-refractivity contribution in [1.82, 2.24) is 19.7 Å². The van der Waals surface area contributed by atoms with E-state index < -0.39 is 23.4 Å². The van der Waals surface area contributed by atoms with E-state index in [9.17, 15) is 22.4 Å². The number of pyridine rings is 1. The van der Waals surface area contributed by atoms with Crippen molar-refractivity contribution in [2.24, 2.45) is 5.92 Å². The van der Waals surface area contributed by atoms with Gasteiger partial charge in [0, 0.05) is 12.5 Å². The Balaban J connectivity index is 1.70. The number of hydrogen-bond acceptors (Lipinski definition) is 5. The smallest absolute Gasteiger partial charge is 0.338 e. The van der Waals surface area contributed by atoms with Crippen LogP contribution in [0.5, 0.6) is 0 Å². The zero-order chi connectivity index (χ0) is 21.0. The normalized spacial score (nSPS) is 21.9. The van der Waals surface area contributed by atoms with Gasteiger partial charge in [0.25, 0.3) is 0 Å². The number of halogens is 4. The number of aromatic nitrogens is 4. The predicted octanol–water partition coefficient (Wildman–Crippen LogP) is 4.20. The molecular formula is C18H17F4N5O2. The van der Waals surface area contributed by atoms with E-state index >= 15 is 0 Å². The third-order valence-electron chi connectivity index (χ3n) is 4.78. The van der Waals surface area contributed by atoms with Crippen molar-refractivity contribution < 1.29 is 26.9 Å². The first-order valence-corrected chi connectivity index (χ1v) is 8.91. The van der Waals surface area contributed by atoms with Crippen LogP contribution in [0.3, 0.4) is 0 Å². The Morgan fingerprint density at radius 3 is 2.66 bits per heavy atom. The first kappa shape index (κ1) is 19.3. The minimum Gasteiger partial charge on any atom is -0.338 e. The van der Waals surface area contributed by atoms with E-state index in [0.29, 0.717) is 5.69 Å². The van der Waals surface area contributed by atoms with Crippen LogP contribution in [0.15, 0.2) is 22.7 Å². The zero-order valence-corrected chi connectivity index (χ0v) is 15.5. The second-order valence-corrected chi connectivity index (χ2v) is 7.55. The van der Waals surface area contributed by atoms with Crippen LogP contribution in [0.2, 0.25) is 0 Å². The molecule has 29 heavy (non-hydrogen) atoms. The lowest BCUT2D eigenvalue weighted by molar-refractivity contribution is -0.141. The molecule has 3 heterocycles. The van der Waals surface area contributed by atoms with Gasteiger partial charge in [-0.1, -0.05) is 5.16 Å². The number of imidazole rings is 1. The number of nitrogens with zero attached hydrogens (tertiary/aromatic N) is 4. The molecule has 1 fully saturated rings. The molecule has 1 aliphatic carbocycles. The molecule has 1 N–H and O–H groups in total. The van der Waals surface area contributed by atoms with Gasteiger partial charge in [-0.15, -0.1) is 0 Å². The molecule has 7 nitrogen and oxygen atoms in total. The molecule has 1 amide bonds. The van der Waals surface area contributed by atoms with E-state index in [4.69, 9.17) is 4.52 Å². The second kappa shape index (κ2) is 6.53. The average molecular weight is 411 g/mol. The maximum Gasteiger partial charge on any atom is 0.433 e. The zero-order valence-electron chi connectivity index (χ0n) is 15.5. The van der Waals surface area contributed by atoms with Crippen LogP contribution in [0.4, 0.5) is 23.5 Å². The van der Waals surface area contributed by atoms with Crippen LogP contribution in [0.25, 0.3) is 17.0 Å². The van der Waals surface area contributed by atoms with E-state index in [-0.39, 0.29) is 48.2 Å². The van der Waals surface area contributed by atoms with Crippen molar-refractivity contribution >= 4 is 23.0 Å². The number of anilines is 1. The van der Waals surface area contributed by atoms with Crippen molar-refractivity contribution in [2.45, 2.75) is 45.0 Å². The SMILES string of the molecule is Cc1cc(-n2c(NC(=O)CC3CC(C)(F)C3)nc3ccc(C(F)(F)F)nc32)on1. The van der Waals surface area contributed by atoms with Crippen LogP contribution >= 0.6 is 0 Å². The van der Waals surface area contributed by atoms with Crippen LogP contribution in [0.1, 0.15) is 37.6 Å². The van der Waals surface area contributed by atoms with Crippen molar-refractivity contribution in [2.75, 3.05) is 5.32 Å². The third-order valence-corrected chi connectivity index (χ3v) is 4.78. The molecule has 3 aromatic heterocycles. The highest BCUT2D eigenvalue weighted by Crippen LogP contribution is 2.42. The van der Waals surface area contributed by atoms with Gasteiger partial charge < -0.3 is 4.52 Å². The minimum absolute atomic E-state index is 0.0460. The predicted molar refractivity (Wildman–Crippen MR) is 94.1 cm³/mol. The summed E-state index contributed by atoms with van der Waals surface area (Å²) >= 11 is 0. The van der Waals surface area contributed by atoms with Gasteiger partial charge in [0.1, 0.15) is 16.9 Å². The van der Waals surface area contributed by atoms with Crippen molar-refractivity contribution in [3.63, 3.8) is 0 Å². The number of nitrogens with one attached hydrogen (secondary N) is 1. The summed E-state index contributed by atoms with van der Waals surface area (Å²) in [5.41, 5.74) is -1.86. The Morgan fingerprint density at radius 2 is 2.07 bits per heavy atom. The Kier molecular flexibility index (Phi) is 4.35. The fraction of sp³-hybridized carbons (Fsp3) is 0.444. The molecule has 0 saturated heterocycles. The molecule has 0 radical (unpaired) electrons. The largest absolute Gasteiger partial charge is 0.433 e. The first-order valence-electron chi connectivity index (χ1n) is 8.91. The molecule has 0 bridgehead atoms. The van der Waals surface area contributed by atoms with Crippen molar-refractivity contribution in [1.29, 1.82) is 0 Å². The van der Waals surface area contributed by atoms with E-state index in [1.54, 1.807) is 6.92 Å². The summed E-state index contributed by atoms with van der Waals surface area (Å²) in [6.07, 6.45) is -3.99. The van der Waals surface area contributed by atoms with Gasteiger partial charge >= 0.3 is 6.18 Å². The molecule has 3 aromatic rings. The molecule has 11 heteroatoms. The standard InChI is InChI=1S/C18H17F4N5O2/c1-9-5-14(29-26-9)27-15-11(3-4-12(24-15)18(20,21)22)23-16(27)25-13(28)6-10-7-17(2,19)8-10/h3-5,10H,6-8H2,1-2H3,(H,23,25,28). The molecule has 0 atom stereocenters. The maximum absolute atomic E-state index is 13.6. The molecule has 0 aromatic carbocycles. The highest BCUT2D eigenvalue weighted by Gasteiger charge is 2.41. The van der Waals surface area contributed by atoms with E-state index in [0.717, 1.165) is 6.07 Å². The third kappa shape index (κ3) is 3.81. The van der Waals surface area contributed by atoms with Crippen LogP contribution < -0.4 is 5.32 Å². The molecule has 154 valence electrons. The summed E-state index contributed by atoms with van der Waals surface area (Å²) in [6.45, 7) is 3.13. The average Bonchev–Trinajstić information content (AvgIpc) is 3.14. The molecule has 1 saturated carbocycles. The van der Waals surface area contributed by atoms with Gasteiger partial charge in [0.15, 0.2) is 5.65 Å². The van der Waals surface area contributed by atoms with Crippen LogP contribution in [0, 0.1) is 12.8 Å². The molecule has 0 spiro atoms. The number of carbonyl (C=O) groups is 1. The van der Waals surface area contributed by atoms with Crippen molar-refractivity contribution in [3.05, 3.63) is 29.6 Å². The van der Waals surface area contributed by atoms with Crippen LogP contribution in [-0.2, 0) is 11.0 Å². The summed E-state index contributed by atoms with van der Waals surface area (Å²) in [4.78, 5) is 20.2. The van der Waals surface area contributed by atoms with Gasteiger partial charge in [0.05, 0.1) is 5.69 Å². The molecule has 0 unspecified atom stereocenters. The Hall–Kier alpha value is -2.98. The Labute approximate surface area is 162 Å². The fourth-order valence-corrected chi connectivity index (χ4v) is 3.59. The molecule has 4 rings (SSSR count). The van der Waals surface area contributed by atoms with Crippen LogP contribution in [-0.4, -0.2) is 31.3 Å². The molecular weight excluding hydrogens is 394 g/mol. The topological polar surface area (TPSA) is 85.8 Å². The Bertz CT molecular complexity index is 1080. The number of amides is 1. The maximum atomic E-state index is 13.6. The highest BCUT2D eigenvalue weighted by atomic mass is 19.4. The highest BCUT2D eigenvalue weighted by molar-refractivity contribution is 5.91. The monoisotopic (exact) mass is 411 g/mol. The van der Waals surface area contributed by atoms with Gasteiger partial charge in [0.2, 0.25) is 17.7 Å². The molecule has 1 aliphatic rings. The summed E-state index contributed by atoms with van der Waals surface area (Å²) in [5.74, 6) is -0.498. The lowest BCUT2D eigenvalue weighted by Gasteiger charge is -2.38. The first-order chi connectivity index (χ1) is 13.5. The number of rotatable bonds is 4. The summed E-state index contributed by atoms with van der Waals surface area (Å²) in [7, 11) is 0. The van der Waals surface area contributed by atoms with E-state index in [2.05, 4.69) is 20.4 Å². The van der Waals surface area contributed by atoms with E-state index in [1.807, 2.05) is 0 Å². The van der Waals surface area contributed by atoms with Crippen molar-refractivity contribution in [3.8, 4) is 5.88 Å². The number of carbonyl (C=O) groups excluding carboxylic acids is 1. The van der Waals surface area contributed by atoms with Gasteiger partial charge in [-0.05, 0) is 44.7 Å². The number of aryl methyl sites for hydroxylation is 1. The lowest BCUT2D eigenvalue weighted by Crippen LogP contribution is -2.38. The van der Waals surface area contributed by atoms with E-state index in [1.165, 1.54) is 23.6 Å². The summed E-state index contributed by atoms with van der Waals surface area (Å²) < 4.78 is 59.2. The second-order valence-electron chi connectivity index (χ2n) is 7.55. The fourth-order valence-electron chi connectivity index (χ4n) is 3.59. The Morgan fingerprint density at radius 1 is 1.34 bits per heavy atom. The minimum atomic E-state index is -4.65. The number of alkyl halides is 4.